The van der Waals surface area contributed by atoms with Crippen LogP contribution in [0.4, 0.5) is 0 Å². The Labute approximate surface area is 145 Å². The molecule has 1 heterocycles. The molecule has 1 aromatic carbocycles. The highest BCUT2D eigenvalue weighted by molar-refractivity contribution is 5.96. The van der Waals surface area contributed by atoms with Gasteiger partial charge in [0.25, 0.3) is 5.91 Å². The van der Waals surface area contributed by atoms with Gasteiger partial charge in [-0.15, -0.1) is 0 Å². The average Bonchev–Trinajstić information content (AvgIpc) is 2.64. The molecule has 0 saturated carbocycles. The van der Waals surface area contributed by atoms with Gasteiger partial charge in [-0.2, -0.15) is 0 Å². The van der Waals surface area contributed by atoms with E-state index in [1.165, 1.54) is 18.3 Å². The van der Waals surface area contributed by atoms with Crippen LogP contribution in [0.2, 0.25) is 0 Å². The van der Waals surface area contributed by atoms with Gasteiger partial charge in [0.1, 0.15) is 11.4 Å². The Bertz CT molecular complexity index is 733. The Morgan fingerprint density at radius 1 is 1.20 bits per heavy atom. The molecule has 25 heavy (non-hydrogen) atoms. The van der Waals surface area contributed by atoms with Crippen LogP contribution in [0.15, 0.2) is 42.6 Å². The minimum Gasteiger partial charge on any atom is -0.493 e. The molecule has 2 rings (SSSR count). The number of aromatic nitrogens is 1. The lowest BCUT2D eigenvalue weighted by Gasteiger charge is -2.09. The van der Waals surface area contributed by atoms with E-state index in [0.717, 1.165) is 17.7 Å². The summed E-state index contributed by atoms with van der Waals surface area (Å²) in [5.41, 5.74) is 0.962. The van der Waals surface area contributed by atoms with Gasteiger partial charge in [0.15, 0.2) is 0 Å². The molecule has 0 atom stereocenters. The van der Waals surface area contributed by atoms with Gasteiger partial charge in [0, 0.05) is 38.4 Å². The van der Waals surface area contributed by atoms with Crippen molar-refractivity contribution in [2.75, 3.05) is 20.3 Å². The number of carbonyl (C=O) groups is 2. The Balaban J connectivity index is 1.91. The first-order chi connectivity index (χ1) is 12.1. The molecule has 7 heteroatoms. The molecule has 0 fully saturated rings. The summed E-state index contributed by atoms with van der Waals surface area (Å²) in [5, 5.41) is 11.7. The number of nitrogens with zero attached hydrogens (tertiary/aromatic N) is 1. The third-order valence-corrected chi connectivity index (χ3v) is 3.35. The number of amides is 1. The number of carbonyl (C=O) groups excluding carboxylic acids is 1. The largest absolute Gasteiger partial charge is 0.493 e. The molecule has 2 N–H and O–H groups in total. The number of benzene rings is 1. The monoisotopic (exact) mass is 344 g/mol. The second-order valence-corrected chi connectivity index (χ2v) is 5.26. The van der Waals surface area contributed by atoms with Crippen LogP contribution in [0.25, 0.3) is 0 Å². The van der Waals surface area contributed by atoms with Crippen molar-refractivity contribution in [2.45, 2.75) is 13.0 Å². The maximum atomic E-state index is 12.1. The minimum absolute atomic E-state index is 0.167. The summed E-state index contributed by atoms with van der Waals surface area (Å²) >= 11 is 0. The van der Waals surface area contributed by atoms with Crippen LogP contribution in [0.3, 0.4) is 0 Å². The predicted octanol–water partition coefficient (Wildman–Crippen LogP) is 2.13. The number of nitrogens with one attached hydrogen (secondary N) is 1. The molecule has 1 amide bonds. The van der Waals surface area contributed by atoms with E-state index in [4.69, 9.17) is 14.6 Å². The summed E-state index contributed by atoms with van der Waals surface area (Å²) in [7, 11) is 1.64. The first-order valence-corrected chi connectivity index (χ1v) is 7.78. The number of hydrogen-bond donors (Lipinski definition) is 2. The van der Waals surface area contributed by atoms with Gasteiger partial charge in [-0.3, -0.25) is 4.79 Å². The molecular weight excluding hydrogens is 324 g/mol. The van der Waals surface area contributed by atoms with Crippen LogP contribution in [-0.2, 0) is 11.3 Å². The Morgan fingerprint density at radius 3 is 2.80 bits per heavy atom. The lowest BCUT2D eigenvalue weighted by atomic mass is 10.2. The molecule has 132 valence electrons. The zero-order chi connectivity index (χ0) is 18.1. The maximum absolute atomic E-state index is 12.1. The summed E-state index contributed by atoms with van der Waals surface area (Å²) in [6.07, 6.45) is 2.10. The quantitative estimate of drug-likeness (QED) is 0.676. The topological polar surface area (TPSA) is 97.8 Å². The summed E-state index contributed by atoms with van der Waals surface area (Å²) in [5.74, 6) is -0.816. The van der Waals surface area contributed by atoms with E-state index in [9.17, 15) is 9.59 Å². The number of aromatic carboxylic acids is 1. The molecule has 7 nitrogen and oxygen atoms in total. The lowest BCUT2D eigenvalue weighted by molar-refractivity contribution is 0.0690. The van der Waals surface area contributed by atoms with Crippen LogP contribution < -0.4 is 10.1 Å². The minimum atomic E-state index is -1.17. The van der Waals surface area contributed by atoms with E-state index in [0.29, 0.717) is 19.8 Å². The van der Waals surface area contributed by atoms with Crippen LogP contribution in [0, 0.1) is 0 Å². The standard InChI is InChI=1S/C18H20N2O5/c1-24-8-3-9-25-15-5-2-4-13(10-15)12-20-17(21)14-6-7-19-16(11-14)18(22)23/h2,4-7,10-11H,3,8-9,12H2,1H3,(H,20,21)(H,22,23). The Morgan fingerprint density at radius 2 is 2.04 bits per heavy atom. The average molecular weight is 344 g/mol. The number of methoxy groups -OCH3 is 1. The lowest BCUT2D eigenvalue weighted by Crippen LogP contribution is -2.23. The van der Waals surface area contributed by atoms with E-state index in [2.05, 4.69) is 10.3 Å². The fourth-order valence-electron chi connectivity index (χ4n) is 2.11. The third-order valence-electron chi connectivity index (χ3n) is 3.35. The van der Waals surface area contributed by atoms with Crippen molar-refractivity contribution in [3.8, 4) is 5.75 Å². The molecule has 2 aromatic rings. The number of ether oxygens (including phenoxy) is 2. The van der Waals surface area contributed by atoms with Gasteiger partial charge in [0.2, 0.25) is 0 Å². The number of rotatable bonds is 9. The van der Waals surface area contributed by atoms with Crippen LogP contribution in [0.5, 0.6) is 5.75 Å². The van der Waals surface area contributed by atoms with E-state index in [-0.39, 0.29) is 17.2 Å². The summed E-state index contributed by atoms with van der Waals surface area (Å²) in [4.78, 5) is 26.7. The van der Waals surface area contributed by atoms with E-state index < -0.39 is 5.97 Å². The van der Waals surface area contributed by atoms with Crippen molar-refractivity contribution in [1.29, 1.82) is 0 Å². The zero-order valence-corrected chi connectivity index (χ0v) is 13.9. The highest BCUT2D eigenvalue weighted by atomic mass is 16.5. The van der Waals surface area contributed by atoms with Crippen LogP contribution >= 0.6 is 0 Å². The van der Waals surface area contributed by atoms with Gasteiger partial charge in [-0.05, 0) is 29.8 Å². The number of pyridine rings is 1. The summed E-state index contributed by atoms with van der Waals surface area (Å²) in [6.45, 7) is 1.50. The second kappa shape index (κ2) is 9.39. The zero-order valence-electron chi connectivity index (χ0n) is 13.9. The Hall–Kier alpha value is -2.93. The number of carboxylic acid groups (broad SMARTS) is 1. The molecule has 0 spiro atoms. The predicted molar refractivity (Wildman–Crippen MR) is 90.8 cm³/mol. The summed E-state index contributed by atoms with van der Waals surface area (Å²) < 4.78 is 10.6. The van der Waals surface area contributed by atoms with E-state index >= 15 is 0 Å². The van der Waals surface area contributed by atoms with Crippen molar-refractivity contribution in [3.05, 3.63) is 59.4 Å². The summed E-state index contributed by atoms with van der Waals surface area (Å²) in [6, 6.07) is 10.1. The van der Waals surface area contributed by atoms with Gasteiger partial charge in [-0.25, -0.2) is 9.78 Å². The van der Waals surface area contributed by atoms with Crippen molar-refractivity contribution in [3.63, 3.8) is 0 Å². The van der Waals surface area contributed by atoms with Crippen molar-refractivity contribution < 1.29 is 24.2 Å². The molecule has 0 saturated heterocycles. The highest BCUT2D eigenvalue weighted by Crippen LogP contribution is 2.14. The van der Waals surface area contributed by atoms with Crippen LogP contribution in [0.1, 0.15) is 32.8 Å². The van der Waals surface area contributed by atoms with Crippen molar-refractivity contribution in [2.24, 2.45) is 0 Å². The van der Waals surface area contributed by atoms with Gasteiger partial charge in [0.05, 0.1) is 6.61 Å². The fraction of sp³-hybridized carbons (Fsp3) is 0.278. The molecule has 0 aliphatic rings. The van der Waals surface area contributed by atoms with E-state index in [1.54, 1.807) is 7.11 Å². The molecular formula is C18H20N2O5. The van der Waals surface area contributed by atoms with Gasteiger partial charge in [-0.1, -0.05) is 12.1 Å². The normalized spacial score (nSPS) is 10.3. The molecule has 0 bridgehead atoms. The molecule has 0 aliphatic heterocycles. The SMILES string of the molecule is COCCCOc1cccc(CNC(=O)c2ccnc(C(=O)O)c2)c1. The molecule has 0 aliphatic carbocycles. The molecule has 1 aromatic heterocycles. The van der Waals surface area contributed by atoms with Crippen LogP contribution in [-0.4, -0.2) is 42.3 Å². The van der Waals surface area contributed by atoms with Gasteiger partial charge >= 0.3 is 5.97 Å². The third kappa shape index (κ3) is 5.89. The highest BCUT2D eigenvalue weighted by Gasteiger charge is 2.10. The number of carboxylic acids is 1. The Kier molecular flexibility index (Phi) is 6.91. The fourth-order valence-corrected chi connectivity index (χ4v) is 2.11. The first kappa shape index (κ1) is 18.4. The molecule has 0 unspecified atom stereocenters. The van der Waals surface area contributed by atoms with E-state index in [1.807, 2.05) is 24.3 Å². The second-order valence-electron chi connectivity index (χ2n) is 5.26. The first-order valence-electron chi connectivity index (χ1n) is 7.78. The maximum Gasteiger partial charge on any atom is 0.354 e. The van der Waals surface area contributed by atoms with Gasteiger partial charge < -0.3 is 19.9 Å². The van der Waals surface area contributed by atoms with Crippen molar-refractivity contribution >= 4 is 11.9 Å². The number of hydrogen-bond acceptors (Lipinski definition) is 5. The van der Waals surface area contributed by atoms with Crippen molar-refractivity contribution in [1.82, 2.24) is 10.3 Å². The molecule has 0 radical (unpaired) electrons. The smallest absolute Gasteiger partial charge is 0.354 e.